The van der Waals surface area contributed by atoms with Gasteiger partial charge in [-0.25, -0.2) is 9.97 Å². The van der Waals surface area contributed by atoms with Gasteiger partial charge < -0.3 is 10.6 Å². The zero-order chi connectivity index (χ0) is 18.2. The normalized spacial score (nSPS) is 12.0. The van der Waals surface area contributed by atoms with Crippen LogP contribution in [-0.2, 0) is 11.2 Å². The Kier molecular flexibility index (Phi) is 6.92. The molecule has 134 valence electrons. The summed E-state index contributed by atoms with van der Waals surface area (Å²) in [4.78, 5) is 21.5. The van der Waals surface area contributed by atoms with Crippen LogP contribution >= 0.6 is 0 Å². The van der Waals surface area contributed by atoms with Crippen molar-refractivity contribution in [2.24, 2.45) is 5.92 Å². The van der Waals surface area contributed by atoms with Gasteiger partial charge in [-0.05, 0) is 37.8 Å². The number of aryl methyl sites for hydroxylation is 2. The molecule has 5 heteroatoms. The molecular formula is C20H28N4O. The first-order valence-electron chi connectivity index (χ1n) is 8.84. The molecule has 0 saturated heterocycles. The molecule has 2 N–H and O–H groups in total. The minimum atomic E-state index is -0.407. The zero-order valence-electron chi connectivity index (χ0n) is 15.5. The molecule has 2 aromatic rings. The summed E-state index contributed by atoms with van der Waals surface area (Å²) < 4.78 is 0. The highest BCUT2D eigenvalue weighted by Gasteiger charge is 2.20. The van der Waals surface area contributed by atoms with E-state index in [1.165, 1.54) is 0 Å². The van der Waals surface area contributed by atoms with E-state index in [4.69, 9.17) is 0 Å². The molecule has 0 unspecified atom stereocenters. The van der Waals surface area contributed by atoms with Crippen LogP contribution in [0.3, 0.4) is 0 Å². The summed E-state index contributed by atoms with van der Waals surface area (Å²) in [7, 11) is 0. The van der Waals surface area contributed by atoms with Gasteiger partial charge in [0.1, 0.15) is 6.04 Å². The van der Waals surface area contributed by atoms with Gasteiger partial charge in [0, 0.05) is 24.4 Å². The lowest BCUT2D eigenvalue weighted by atomic mass is 10.0. The molecule has 5 nitrogen and oxygen atoms in total. The SMILES string of the molecule is Cc1cc(C)nc(N[C@H](Cc2ccccc2)C(=O)NCCC(C)C)n1. The fourth-order valence-corrected chi connectivity index (χ4v) is 2.61. The van der Waals surface area contributed by atoms with Crippen LogP contribution in [0.4, 0.5) is 5.95 Å². The summed E-state index contributed by atoms with van der Waals surface area (Å²) in [6.45, 7) is 8.82. The summed E-state index contributed by atoms with van der Waals surface area (Å²) in [6.07, 6.45) is 1.55. The highest BCUT2D eigenvalue weighted by atomic mass is 16.2. The lowest BCUT2D eigenvalue weighted by Crippen LogP contribution is -2.42. The van der Waals surface area contributed by atoms with Gasteiger partial charge in [0.15, 0.2) is 0 Å². The Morgan fingerprint density at radius 3 is 2.32 bits per heavy atom. The van der Waals surface area contributed by atoms with Crippen LogP contribution < -0.4 is 10.6 Å². The fourth-order valence-electron chi connectivity index (χ4n) is 2.61. The molecule has 0 fully saturated rings. The Morgan fingerprint density at radius 2 is 1.72 bits per heavy atom. The maximum absolute atomic E-state index is 12.7. The molecule has 0 bridgehead atoms. The number of nitrogens with one attached hydrogen (secondary N) is 2. The van der Waals surface area contributed by atoms with E-state index in [-0.39, 0.29) is 5.91 Å². The molecule has 1 amide bonds. The molecule has 2 rings (SSSR count). The summed E-state index contributed by atoms with van der Waals surface area (Å²) in [5, 5.41) is 6.24. The van der Waals surface area contributed by atoms with Crippen molar-refractivity contribution in [3.8, 4) is 0 Å². The lowest BCUT2D eigenvalue weighted by Gasteiger charge is -2.19. The minimum Gasteiger partial charge on any atom is -0.354 e. The second-order valence-electron chi connectivity index (χ2n) is 6.83. The van der Waals surface area contributed by atoms with Crippen molar-refractivity contribution in [1.29, 1.82) is 0 Å². The second-order valence-corrected chi connectivity index (χ2v) is 6.83. The van der Waals surface area contributed by atoms with E-state index in [2.05, 4.69) is 34.4 Å². The summed E-state index contributed by atoms with van der Waals surface area (Å²) >= 11 is 0. The highest BCUT2D eigenvalue weighted by molar-refractivity contribution is 5.84. The average Bonchev–Trinajstić information content (AvgIpc) is 2.54. The molecular weight excluding hydrogens is 312 g/mol. The van der Waals surface area contributed by atoms with Gasteiger partial charge in [0.05, 0.1) is 0 Å². The molecule has 0 radical (unpaired) electrons. The summed E-state index contributed by atoms with van der Waals surface area (Å²) in [5.74, 6) is 1.04. The molecule has 1 aromatic carbocycles. The lowest BCUT2D eigenvalue weighted by molar-refractivity contribution is -0.121. The molecule has 25 heavy (non-hydrogen) atoms. The number of hydrogen-bond donors (Lipinski definition) is 2. The van der Waals surface area contributed by atoms with Gasteiger partial charge >= 0.3 is 0 Å². The predicted octanol–water partition coefficient (Wildman–Crippen LogP) is 3.28. The number of aromatic nitrogens is 2. The van der Waals surface area contributed by atoms with E-state index >= 15 is 0 Å². The molecule has 1 aromatic heterocycles. The van der Waals surface area contributed by atoms with Crippen LogP contribution in [-0.4, -0.2) is 28.5 Å². The van der Waals surface area contributed by atoms with E-state index in [0.29, 0.717) is 24.8 Å². The number of benzene rings is 1. The maximum atomic E-state index is 12.7. The van der Waals surface area contributed by atoms with E-state index < -0.39 is 6.04 Å². The van der Waals surface area contributed by atoms with Gasteiger partial charge in [-0.15, -0.1) is 0 Å². The fraction of sp³-hybridized carbons (Fsp3) is 0.450. The smallest absolute Gasteiger partial charge is 0.242 e. The van der Waals surface area contributed by atoms with E-state index in [1.54, 1.807) is 0 Å². The van der Waals surface area contributed by atoms with Crippen molar-refractivity contribution in [3.05, 3.63) is 53.3 Å². The number of carbonyl (C=O) groups is 1. The average molecular weight is 340 g/mol. The Bertz CT molecular complexity index is 665. The third kappa shape index (κ3) is 6.53. The summed E-state index contributed by atoms with van der Waals surface area (Å²) in [6, 6.07) is 11.5. The molecule has 1 heterocycles. The summed E-state index contributed by atoms with van der Waals surface area (Å²) in [5.41, 5.74) is 2.87. The van der Waals surface area contributed by atoms with Crippen molar-refractivity contribution in [1.82, 2.24) is 15.3 Å². The maximum Gasteiger partial charge on any atom is 0.242 e. The van der Waals surface area contributed by atoms with Gasteiger partial charge in [0.25, 0.3) is 0 Å². The van der Waals surface area contributed by atoms with Crippen LogP contribution in [0.1, 0.15) is 37.2 Å². The minimum absolute atomic E-state index is 0.0211. The van der Waals surface area contributed by atoms with E-state index in [0.717, 1.165) is 23.4 Å². The molecule has 0 aliphatic carbocycles. The first-order valence-corrected chi connectivity index (χ1v) is 8.84. The van der Waals surface area contributed by atoms with Crippen molar-refractivity contribution in [2.75, 3.05) is 11.9 Å². The molecule has 0 saturated carbocycles. The Labute approximate surface area is 150 Å². The molecule has 0 aliphatic heterocycles. The third-order valence-electron chi connectivity index (χ3n) is 3.91. The topological polar surface area (TPSA) is 66.9 Å². The number of hydrogen-bond acceptors (Lipinski definition) is 4. The van der Waals surface area contributed by atoms with Gasteiger partial charge in [-0.1, -0.05) is 44.2 Å². The quantitative estimate of drug-likeness (QED) is 0.774. The Morgan fingerprint density at radius 1 is 1.08 bits per heavy atom. The van der Waals surface area contributed by atoms with Crippen molar-refractivity contribution in [3.63, 3.8) is 0 Å². The Hall–Kier alpha value is -2.43. The second kappa shape index (κ2) is 9.16. The van der Waals surface area contributed by atoms with Gasteiger partial charge in [-0.2, -0.15) is 0 Å². The number of anilines is 1. The Balaban J connectivity index is 2.11. The third-order valence-corrected chi connectivity index (χ3v) is 3.91. The first kappa shape index (κ1) is 18.9. The standard InChI is InChI=1S/C20H28N4O/c1-14(2)10-11-21-19(25)18(13-17-8-6-5-7-9-17)24-20-22-15(3)12-16(4)23-20/h5-9,12,14,18H,10-11,13H2,1-4H3,(H,21,25)(H,22,23,24)/t18-/m1/s1. The van der Waals surface area contributed by atoms with Crippen LogP contribution in [0, 0.1) is 19.8 Å². The van der Waals surface area contributed by atoms with Crippen molar-refractivity contribution < 1.29 is 4.79 Å². The number of nitrogens with zero attached hydrogens (tertiary/aromatic N) is 2. The largest absolute Gasteiger partial charge is 0.354 e. The van der Waals surface area contributed by atoms with Gasteiger partial charge in [-0.3, -0.25) is 4.79 Å². The zero-order valence-corrected chi connectivity index (χ0v) is 15.5. The monoisotopic (exact) mass is 340 g/mol. The number of amides is 1. The van der Waals surface area contributed by atoms with Gasteiger partial charge in [0.2, 0.25) is 11.9 Å². The van der Waals surface area contributed by atoms with Crippen molar-refractivity contribution in [2.45, 2.75) is 46.6 Å². The molecule has 0 spiro atoms. The van der Waals surface area contributed by atoms with Crippen LogP contribution in [0.5, 0.6) is 0 Å². The number of carbonyl (C=O) groups excluding carboxylic acids is 1. The first-order chi connectivity index (χ1) is 11.9. The van der Waals surface area contributed by atoms with E-state index in [9.17, 15) is 4.79 Å². The van der Waals surface area contributed by atoms with Crippen LogP contribution in [0.25, 0.3) is 0 Å². The van der Waals surface area contributed by atoms with Crippen LogP contribution in [0.2, 0.25) is 0 Å². The molecule has 1 atom stereocenters. The predicted molar refractivity (Wildman–Crippen MR) is 102 cm³/mol. The van der Waals surface area contributed by atoms with E-state index in [1.807, 2.05) is 50.2 Å². The molecule has 0 aliphatic rings. The number of rotatable bonds is 8. The van der Waals surface area contributed by atoms with Crippen LogP contribution in [0.15, 0.2) is 36.4 Å². The highest BCUT2D eigenvalue weighted by Crippen LogP contribution is 2.10. The van der Waals surface area contributed by atoms with Crippen molar-refractivity contribution >= 4 is 11.9 Å².